The molecule has 0 aliphatic heterocycles. The summed E-state index contributed by atoms with van der Waals surface area (Å²) in [6.07, 6.45) is 0. The Hall–Kier alpha value is -2.70. The number of hydrogen-bond acceptors (Lipinski definition) is 5. The highest BCUT2D eigenvalue weighted by molar-refractivity contribution is 5.66. The van der Waals surface area contributed by atoms with Crippen molar-refractivity contribution in [3.63, 3.8) is 0 Å². The minimum Gasteiger partial charge on any atom is -0.494 e. The van der Waals surface area contributed by atoms with Crippen molar-refractivity contribution in [1.29, 1.82) is 0 Å². The van der Waals surface area contributed by atoms with E-state index in [-0.39, 0.29) is 28.5 Å². The maximum absolute atomic E-state index is 14.0. The first-order valence-corrected chi connectivity index (χ1v) is 5.27. The molecule has 2 aromatic rings. The highest BCUT2D eigenvalue weighted by Crippen LogP contribution is 2.30. The van der Waals surface area contributed by atoms with Crippen LogP contribution >= 0.6 is 0 Å². The number of anilines is 1. The fourth-order valence-corrected chi connectivity index (χ4v) is 1.65. The van der Waals surface area contributed by atoms with Crippen LogP contribution in [0.15, 0.2) is 30.3 Å². The van der Waals surface area contributed by atoms with Gasteiger partial charge in [0.05, 0.1) is 23.8 Å². The monoisotopic (exact) mass is 263 g/mol. The molecule has 0 saturated carbocycles. The minimum absolute atomic E-state index is 0.0318. The van der Waals surface area contributed by atoms with Gasteiger partial charge in [0, 0.05) is 11.6 Å². The minimum atomic E-state index is -0.641. The van der Waals surface area contributed by atoms with Crippen molar-refractivity contribution in [3.8, 4) is 17.0 Å². The number of hydrogen-bond donors (Lipinski definition) is 1. The summed E-state index contributed by atoms with van der Waals surface area (Å²) in [7, 11) is 1.33. The number of nitrogens with zero attached hydrogens (tertiary/aromatic N) is 2. The average molecular weight is 263 g/mol. The Balaban J connectivity index is 2.62. The van der Waals surface area contributed by atoms with Gasteiger partial charge in [0.15, 0.2) is 11.6 Å². The summed E-state index contributed by atoms with van der Waals surface area (Å²) in [6, 6.07) is 6.73. The first-order chi connectivity index (χ1) is 9.02. The van der Waals surface area contributed by atoms with Crippen LogP contribution in [0.5, 0.6) is 5.75 Å². The first-order valence-electron chi connectivity index (χ1n) is 5.27. The number of ether oxygens (including phenoxy) is 1. The molecule has 7 heteroatoms. The number of nitro groups is 1. The largest absolute Gasteiger partial charge is 0.494 e. The summed E-state index contributed by atoms with van der Waals surface area (Å²) in [4.78, 5) is 14.0. The van der Waals surface area contributed by atoms with Crippen LogP contribution in [-0.4, -0.2) is 17.0 Å². The van der Waals surface area contributed by atoms with Gasteiger partial charge in [-0.15, -0.1) is 0 Å². The SMILES string of the molecule is COc1cccc(-c2cc([N+](=O)[O-])cc(N)n2)c1F. The third-order valence-electron chi connectivity index (χ3n) is 2.50. The summed E-state index contributed by atoms with van der Waals surface area (Å²) in [5.74, 6) is -0.659. The third kappa shape index (κ3) is 2.44. The second-order valence-corrected chi connectivity index (χ2v) is 3.71. The van der Waals surface area contributed by atoms with E-state index in [0.29, 0.717) is 0 Å². The average Bonchev–Trinajstić information content (AvgIpc) is 2.38. The maximum Gasteiger partial charge on any atom is 0.275 e. The van der Waals surface area contributed by atoms with Crippen molar-refractivity contribution in [1.82, 2.24) is 4.98 Å². The molecule has 1 heterocycles. The molecule has 0 amide bonds. The summed E-state index contributed by atoms with van der Waals surface area (Å²) in [6.45, 7) is 0. The van der Waals surface area contributed by atoms with E-state index in [9.17, 15) is 14.5 Å². The number of halogens is 1. The van der Waals surface area contributed by atoms with Crippen molar-refractivity contribution in [3.05, 3.63) is 46.3 Å². The number of rotatable bonds is 3. The van der Waals surface area contributed by atoms with Crippen molar-refractivity contribution in [2.75, 3.05) is 12.8 Å². The molecule has 0 spiro atoms. The molecule has 0 aliphatic carbocycles. The van der Waals surface area contributed by atoms with Crippen LogP contribution in [0.1, 0.15) is 0 Å². The van der Waals surface area contributed by atoms with E-state index in [1.54, 1.807) is 6.07 Å². The van der Waals surface area contributed by atoms with Gasteiger partial charge in [-0.2, -0.15) is 0 Å². The molecule has 1 aromatic heterocycles. The summed E-state index contributed by atoms with van der Waals surface area (Å²) in [5, 5.41) is 10.7. The second kappa shape index (κ2) is 4.89. The van der Waals surface area contributed by atoms with Gasteiger partial charge in [0.25, 0.3) is 5.69 Å². The number of benzene rings is 1. The van der Waals surface area contributed by atoms with Gasteiger partial charge in [-0.25, -0.2) is 9.37 Å². The molecule has 0 aliphatic rings. The van der Waals surface area contributed by atoms with Gasteiger partial charge in [0.1, 0.15) is 5.82 Å². The quantitative estimate of drug-likeness (QED) is 0.678. The lowest BCUT2D eigenvalue weighted by atomic mass is 10.1. The van der Waals surface area contributed by atoms with Crippen LogP contribution in [-0.2, 0) is 0 Å². The Morgan fingerprint density at radius 2 is 2.16 bits per heavy atom. The number of pyridine rings is 1. The fraction of sp³-hybridized carbons (Fsp3) is 0.0833. The Morgan fingerprint density at radius 3 is 2.79 bits per heavy atom. The molecule has 0 saturated heterocycles. The predicted octanol–water partition coefficient (Wildman–Crippen LogP) is 2.39. The zero-order chi connectivity index (χ0) is 14.0. The Morgan fingerprint density at radius 1 is 1.42 bits per heavy atom. The Labute approximate surface area is 107 Å². The van der Waals surface area contributed by atoms with Gasteiger partial charge in [-0.3, -0.25) is 10.1 Å². The normalized spacial score (nSPS) is 10.2. The van der Waals surface area contributed by atoms with Gasteiger partial charge < -0.3 is 10.5 Å². The molecule has 0 fully saturated rings. The van der Waals surface area contributed by atoms with E-state index in [2.05, 4.69) is 4.98 Å². The topological polar surface area (TPSA) is 91.3 Å². The van der Waals surface area contributed by atoms with Gasteiger partial charge in [0.2, 0.25) is 0 Å². The molecule has 0 radical (unpaired) electrons. The molecule has 6 nitrogen and oxygen atoms in total. The molecule has 19 heavy (non-hydrogen) atoms. The van der Waals surface area contributed by atoms with E-state index < -0.39 is 10.7 Å². The molecular formula is C12H10FN3O3. The molecule has 1 aromatic carbocycles. The highest BCUT2D eigenvalue weighted by atomic mass is 19.1. The van der Waals surface area contributed by atoms with E-state index in [4.69, 9.17) is 10.5 Å². The smallest absolute Gasteiger partial charge is 0.275 e. The molecule has 0 unspecified atom stereocenters. The second-order valence-electron chi connectivity index (χ2n) is 3.71. The lowest BCUT2D eigenvalue weighted by molar-refractivity contribution is -0.384. The van der Waals surface area contributed by atoms with Crippen molar-refractivity contribution in [2.45, 2.75) is 0 Å². The van der Waals surface area contributed by atoms with Crippen molar-refractivity contribution >= 4 is 11.5 Å². The van der Waals surface area contributed by atoms with E-state index in [1.165, 1.54) is 19.2 Å². The maximum atomic E-state index is 14.0. The number of nitrogens with two attached hydrogens (primary N) is 1. The van der Waals surface area contributed by atoms with Crippen LogP contribution in [0, 0.1) is 15.9 Å². The third-order valence-corrected chi connectivity index (χ3v) is 2.50. The summed E-state index contributed by atoms with van der Waals surface area (Å²) < 4.78 is 18.9. The molecule has 2 N–H and O–H groups in total. The van der Waals surface area contributed by atoms with Crippen molar-refractivity contribution < 1.29 is 14.1 Å². The molecule has 98 valence electrons. The van der Waals surface area contributed by atoms with Crippen LogP contribution in [0.25, 0.3) is 11.3 Å². The van der Waals surface area contributed by atoms with Gasteiger partial charge in [-0.05, 0) is 12.1 Å². The zero-order valence-corrected chi connectivity index (χ0v) is 9.96. The standard InChI is InChI=1S/C12H10FN3O3/c1-19-10-4-2-3-8(12(10)13)9-5-7(16(17)18)6-11(14)15-9/h2-6H,1H3,(H2,14,15). The van der Waals surface area contributed by atoms with E-state index >= 15 is 0 Å². The summed E-state index contributed by atoms with van der Waals surface area (Å²) in [5.41, 5.74) is 5.42. The number of nitrogen functional groups attached to an aromatic ring is 1. The van der Waals surface area contributed by atoms with Crippen LogP contribution in [0.4, 0.5) is 15.9 Å². The van der Waals surface area contributed by atoms with E-state index in [1.807, 2.05) is 0 Å². The number of aromatic nitrogens is 1. The Kier molecular flexibility index (Phi) is 3.28. The molecule has 2 rings (SSSR count). The highest BCUT2D eigenvalue weighted by Gasteiger charge is 2.16. The van der Waals surface area contributed by atoms with Crippen LogP contribution in [0.2, 0.25) is 0 Å². The van der Waals surface area contributed by atoms with Gasteiger partial charge in [-0.1, -0.05) is 6.07 Å². The van der Waals surface area contributed by atoms with Crippen LogP contribution < -0.4 is 10.5 Å². The molecule has 0 bridgehead atoms. The fourth-order valence-electron chi connectivity index (χ4n) is 1.65. The zero-order valence-electron chi connectivity index (χ0n) is 9.96. The Bertz CT molecular complexity index is 646. The van der Waals surface area contributed by atoms with E-state index in [0.717, 1.165) is 12.1 Å². The lowest BCUT2D eigenvalue weighted by Crippen LogP contribution is -1.98. The lowest BCUT2D eigenvalue weighted by Gasteiger charge is -2.07. The van der Waals surface area contributed by atoms with Gasteiger partial charge >= 0.3 is 0 Å². The van der Waals surface area contributed by atoms with Crippen LogP contribution in [0.3, 0.4) is 0 Å². The predicted molar refractivity (Wildman–Crippen MR) is 67.2 cm³/mol. The summed E-state index contributed by atoms with van der Waals surface area (Å²) >= 11 is 0. The molecular weight excluding hydrogens is 253 g/mol. The first kappa shape index (κ1) is 12.7. The van der Waals surface area contributed by atoms with Crippen molar-refractivity contribution in [2.24, 2.45) is 0 Å². The molecule has 0 atom stereocenters. The number of methoxy groups -OCH3 is 1.